The van der Waals surface area contributed by atoms with Gasteiger partial charge in [0.05, 0.1) is 10.9 Å². The molecular weight excluding hydrogens is 252 g/mol. The molecule has 1 aromatic carbocycles. The molecular formula is C8H4BrN2OS-. The number of fused-ring (bicyclic) bond motifs is 1. The number of benzene rings is 1. The van der Waals surface area contributed by atoms with Gasteiger partial charge in [-0.25, -0.2) is 0 Å². The summed E-state index contributed by atoms with van der Waals surface area (Å²) >= 11 is 8.06. The average Bonchev–Trinajstić information content (AvgIpc) is 2.06. The monoisotopic (exact) mass is 255 g/mol. The summed E-state index contributed by atoms with van der Waals surface area (Å²) in [5.41, 5.74) is 0.424. The lowest BCUT2D eigenvalue weighted by Crippen LogP contribution is -2.08. The molecule has 0 atom stereocenters. The van der Waals surface area contributed by atoms with Crippen LogP contribution in [0, 0.1) is 0 Å². The number of nitrogens with one attached hydrogen (secondary N) is 1. The lowest BCUT2D eigenvalue weighted by atomic mass is 10.2. The normalized spacial score (nSPS) is 10.5. The van der Waals surface area contributed by atoms with E-state index in [-0.39, 0.29) is 10.7 Å². The third-order valence-corrected chi connectivity index (χ3v) is 2.33. The van der Waals surface area contributed by atoms with Gasteiger partial charge in [0.2, 0.25) is 0 Å². The highest BCUT2D eigenvalue weighted by Gasteiger charge is 1.98. The minimum Gasteiger partial charge on any atom is -0.742 e. The van der Waals surface area contributed by atoms with Gasteiger partial charge >= 0.3 is 0 Å². The van der Waals surface area contributed by atoms with Crippen LogP contribution in [-0.2, 0) is 12.6 Å². The van der Waals surface area contributed by atoms with Gasteiger partial charge in [0.25, 0.3) is 5.56 Å². The van der Waals surface area contributed by atoms with Gasteiger partial charge in [0.15, 0.2) is 0 Å². The Morgan fingerprint density at radius 2 is 2.23 bits per heavy atom. The van der Waals surface area contributed by atoms with Gasteiger partial charge in [-0.15, -0.1) is 0 Å². The Kier molecular flexibility index (Phi) is 2.05. The number of hydrogen-bond donors (Lipinski definition) is 1. The fourth-order valence-electron chi connectivity index (χ4n) is 1.09. The molecule has 5 heteroatoms. The van der Waals surface area contributed by atoms with E-state index in [9.17, 15) is 4.79 Å². The van der Waals surface area contributed by atoms with E-state index in [1.807, 2.05) is 6.07 Å². The smallest absolute Gasteiger partial charge is 0.257 e. The Morgan fingerprint density at radius 1 is 1.46 bits per heavy atom. The van der Waals surface area contributed by atoms with Crippen molar-refractivity contribution in [2.45, 2.75) is 5.16 Å². The first-order valence-electron chi connectivity index (χ1n) is 3.53. The van der Waals surface area contributed by atoms with E-state index in [4.69, 9.17) is 12.6 Å². The molecule has 13 heavy (non-hydrogen) atoms. The molecule has 2 aromatic rings. The summed E-state index contributed by atoms with van der Waals surface area (Å²) in [6.45, 7) is 0. The molecule has 0 spiro atoms. The number of H-pyrrole nitrogens is 1. The van der Waals surface area contributed by atoms with E-state index in [0.717, 1.165) is 4.47 Å². The quantitative estimate of drug-likeness (QED) is 0.575. The Balaban J connectivity index is 2.95. The van der Waals surface area contributed by atoms with Gasteiger partial charge in [-0.2, -0.15) is 0 Å². The fourth-order valence-corrected chi connectivity index (χ4v) is 1.64. The first kappa shape index (κ1) is 8.65. The Bertz CT molecular complexity index is 523. The number of aromatic nitrogens is 2. The van der Waals surface area contributed by atoms with Crippen LogP contribution in [0.1, 0.15) is 0 Å². The minimum atomic E-state index is -0.198. The van der Waals surface area contributed by atoms with Crippen LogP contribution in [0.25, 0.3) is 10.9 Å². The summed E-state index contributed by atoms with van der Waals surface area (Å²) in [7, 11) is 0. The van der Waals surface area contributed by atoms with Crippen molar-refractivity contribution in [3.63, 3.8) is 0 Å². The molecule has 1 N–H and O–H groups in total. The zero-order chi connectivity index (χ0) is 9.42. The van der Waals surface area contributed by atoms with Crippen LogP contribution in [0.15, 0.2) is 32.6 Å². The average molecular weight is 256 g/mol. The second-order valence-electron chi connectivity index (χ2n) is 2.53. The molecule has 0 bridgehead atoms. The van der Waals surface area contributed by atoms with Crippen molar-refractivity contribution in [3.05, 3.63) is 33.0 Å². The molecule has 3 nitrogen and oxygen atoms in total. The maximum atomic E-state index is 11.4. The third kappa shape index (κ3) is 1.57. The number of rotatable bonds is 0. The highest BCUT2D eigenvalue weighted by molar-refractivity contribution is 9.10. The fraction of sp³-hybridized carbons (Fsp3) is 0. The second-order valence-corrected chi connectivity index (χ2v) is 3.83. The van der Waals surface area contributed by atoms with Gasteiger partial charge < -0.3 is 17.6 Å². The highest BCUT2D eigenvalue weighted by Crippen LogP contribution is 2.14. The van der Waals surface area contributed by atoms with Crippen molar-refractivity contribution in [1.82, 2.24) is 9.97 Å². The molecule has 0 aliphatic rings. The van der Waals surface area contributed by atoms with Crippen molar-refractivity contribution in [3.8, 4) is 0 Å². The van der Waals surface area contributed by atoms with Crippen molar-refractivity contribution in [2.24, 2.45) is 0 Å². The lowest BCUT2D eigenvalue weighted by molar-refractivity contribution is 0.980. The Morgan fingerprint density at radius 3 is 3.00 bits per heavy atom. The number of aromatic amines is 1. The van der Waals surface area contributed by atoms with Crippen LogP contribution in [0.4, 0.5) is 0 Å². The zero-order valence-corrected chi connectivity index (χ0v) is 8.78. The van der Waals surface area contributed by atoms with Crippen molar-refractivity contribution in [1.29, 1.82) is 0 Å². The number of nitrogens with zero attached hydrogens (tertiary/aromatic N) is 1. The van der Waals surface area contributed by atoms with Crippen molar-refractivity contribution >= 4 is 39.5 Å². The van der Waals surface area contributed by atoms with Crippen LogP contribution < -0.4 is 5.56 Å². The molecule has 2 rings (SSSR count). The Hall–Kier alpha value is -0.940. The van der Waals surface area contributed by atoms with E-state index in [1.54, 1.807) is 12.1 Å². The van der Waals surface area contributed by atoms with Crippen molar-refractivity contribution < 1.29 is 0 Å². The van der Waals surface area contributed by atoms with E-state index in [2.05, 4.69) is 25.9 Å². The summed E-state index contributed by atoms with van der Waals surface area (Å²) in [5.74, 6) is 0. The maximum absolute atomic E-state index is 11.4. The minimum absolute atomic E-state index is 0.198. The summed E-state index contributed by atoms with van der Waals surface area (Å²) in [4.78, 5) is 17.9. The summed E-state index contributed by atoms with van der Waals surface area (Å²) in [6, 6.07) is 5.30. The number of halogens is 1. The van der Waals surface area contributed by atoms with Crippen LogP contribution >= 0.6 is 15.9 Å². The molecule has 1 heterocycles. The van der Waals surface area contributed by atoms with E-state index in [0.29, 0.717) is 10.9 Å². The molecule has 0 fully saturated rings. The van der Waals surface area contributed by atoms with Crippen LogP contribution in [0.5, 0.6) is 0 Å². The van der Waals surface area contributed by atoms with Gasteiger partial charge in [-0.1, -0.05) is 15.9 Å². The molecule has 0 amide bonds. The molecule has 66 valence electrons. The largest absolute Gasteiger partial charge is 0.742 e. The Labute approximate surface area is 87.7 Å². The summed E-state index contributed by atoms with van der Waals surface area (Å²) < 4.78 is 0.851. The van der Waals surface area contributed by atoms with Crippen LogP contribution in [0.3, 0.4) is 0 Å². The summed E-state index contributed by atoms with van der Waals surface area (Å²) in [5, 5.41) is 0.766. The van der Waals surface area contributed by atoms with Gasteiger partial charge in [0, 0.05) is 4.47 Å². The first-order chi connectivity index (χ1) is 6.16. The van der Waals surface area contributed by atoms with E-state index < -0.39 is 0 Å². The predicted octanol–water partition coefficient (Wildman–Crippen LogP) is 1.59. The van der Waals surface area contributed by atoms with Crippen molar-refractivity contribution in [2.75, 3.05) is 0 Å². The summed E-state index contributed by atoms with van der Waals surface area (Å²) in [6.07, 6.45) is 0. The second kappa shape index (κ2) is 3.08. The van der Waals surface area contributed by atoms with Crippen LogP contribution in [-0.4, -0.2) is 9.97 Å². The highest BCUT2D eigenvalue weighted by atomic mass is 79.9. The van der Waals surface area contributed by atoms with E-state index >= 15 is 0 Å². The standard InChI is InChI=1S/C8H5BrN2OS/c9-4-1-2-6-5(3-4)7(12)11-8(13)10-6/h1-3H,(H2,10,11,12,13)/p-1. The molecule has 0 aliphatic carbocycles. The molecule has 1 aromatic heterocycles. The van der Waals surface area contributed by atoms with Gasteiger partial charge in [0.1, 0.15) is 0 Å². The third-order valence-electron chi connectivity index (χ3n) is 1.65. The number of hydrogen-bond acceptors (Lipinski definition) is 3. The maximum Gasteiger partial charge on any atom is 0.257 e. The lowest BCUT2D eigenvalue weighted by Gasteiger charge is -2.04. The molecule has 0 aliphatic heterocycles. The molecule has 0 saturated carbocycles. The van der Waals surface area contributed by atoms with E-state index in [1.165, 1.54) is 0 Å². The first-order valence-corrected chi connectivity index (χ1v) is 4.73. The predicted molar refractivity (Wildman–Crippen MR) is 55.7 cm³/mol. The molecule has 0 saturated heterocycles. The molecule has 0 radical (unpaired) electrons. The zero-order valence-electron chi connectivity index (χ0n) is 6.37. The van der Waals surface area contributed by atoms with Crippen LogP contribution in [0.2, 0.25) is 0 Å². The topological polar surface area (TPSA) is 45.8 Å². The van der Waals surface area contributed by atoms with Gasteiger partial charge in [-0.05, 0) is 23.4 Å². The SMILES string of the molecule is O=c1[nH]c([S-])nc2ccc(Br)cc12. The molecule has 0 unspecified atom stereocenters. The van der Waals surface area contributed by atoms with Gasteiger partial charge in [-0.3, -0.25) is 9.78 Å².